The lowest BCUT2D eigenvalue weighted by Gasteiger charge is -2.35. The van der Waals surface area contributed by atoms with Gasteiger partial charge in [-0.25, -0.2) is 8.42 Å². The third-order valence-electron chi connectivity index (χ3n) is 8.17. The number of methoxy groups -OCH3 is 2. The largest absolute Gasteiger partial charge is 0.379 e. The van der Waals surface area contributed by atoms with Crippen molar-refractivity contribution in [2.45, 2.75) is 113 Å². The minimum atomic E-state index is -3.38. The molecule has 172 valence electrons. The maximum atomic E-state index is 13.7. The monoisotopic (exact) mass is 440 g/mol. The summed E-state index contributed by atoms with van der Waals surface area (Å²) in [6.07, 6.45) is 14.6. The van der Waals surface area contributed by atoms with E-state index in [1.807, 2.05) is 0 Å². The Morgan fingerprint density at radius 1 is 0.833 bits per heavy atom. The van der Waals surface area contributed by atoms with Crippen molar-refractivity contribution in [2.24, 2.45) is 16.9 Å². The third-order valence-corrected chi connectivity index (χ3v) is 10.4. The molecule has 3 aliphatic carbocycles. The molecule has 6 nitrogen and oxygen atoms in total. The molecule has 30 heavy (non-hydrogen) atoms. The molecule has 0 N–H and O–H groups in total. The predicted molar refractivity (Wildman–Crippen MR) is 119 cm³/mol. The van der Waals surface area contributed by atoms with Crippen LogP contribution in [0.1, 0.15) is 89.9 Å². The zero-order chi connectivity index (χ0) is 21.1. The highest BCUT2D eigenvalue weighted by atomic mass is 32.2. The smallest absolute Gasteiger partial charge is 0.252 e. The highest BCUT2D eigenvalue weighted by Crippen LogP contribution is 2.41. The highest BCUT2D eigenvalue weighted by Gasteiger charge is 2.46. The van der Waals surface area contributed by atoms with Crippen molar-refractivity contribution in [1.82, 2.24) is 4.41 Å². The van der Waals surface area contributed by atoms with Crippen molar-refractivity contribution < 1.29 is 17.9 Å². The second-order valence-electron chi connectivity index (χ2n) is 9.90. The lowest BCUT2D eigenvalue weighted by molar-refractivity contribution is -0.0639. The number of nitrogens with zero attached hydrogens (tertiary/aromatic N) is 2. The average molecular weight is 441 g/mol. The van der Waals surface area contributed by atoms with Crippen LogP contribution >= 0.6 is 0 Å². The molecule has 0 spiro atoms. The van der Waals surface area contributed by atoms with Gasteiger partial charge in [-0.2, -0.15) is 9.52 Å². The van der Waals surface area contributed by atoms with Crippen LogP contribution in [0.4, 0.5) is 0 Å². The average Bonchev–Trinajstić information content (AvgIpc) is 3.26. The molecule has 0 aromatic carbocycles. The van der Waals surface area contributed by atoms with Crippen molar-refractivity contribution >= 4 is 15.7 Å². The van der Waals surface area contributed by atoms with Gasteiger partial charge in [0.15, 0.2) is 0 Å². The van der Waals surface area contributed by atoms with E-state index >= 15 is 0 Å². The minimum absolute atomic E-state index is 0.0355. The van der Waals surface area contributed by atoms with Crippen molar-refractivity contribution in [3.8, 4) is 0 Å². The first kappa shape index (κ1) is 22.5. The zero-order valence-corrected chi connectivity index (χ0v) is 19.6. The third kappa shape index (κ3) is 4.58. The van der Waals surface area contributed by atoms with Gasteiger partial charge in [0.1, 0.15) is 0 Å². The fraction of sp³-hybridized carbons (Fsp3) is 0.957. The quantitative estimate of drug-likeness (QED) is 0.610. The normalized spacial score (nSPS) is 34.9. The van der Waals surface area contributed by atoms with E-state index in [9.17, 15) is 8.42 Å². The molecule has 3 fully saturated rings. The molecule has 0 amide bonds. The summed E-state index contributed by atoms with van der Waals surface area (Å²) in [6.45, 7) is 0. The van der Waals surface area contributed by atoms with E-state index in [0.29, 0.717) is 11.8 Å². The van der Waals surface area contributed by atoms with E-state index in [0.717, 1.165) is 76.3 Å². The van der Waals surface area contributed by atoms with Crippen LogP contribution in [0.15, 0.2) is 5.10 Å². The summed E-state index contributed by atoms with van der Waals surface area (Å²) in [4.78, 5) is 0. The van der Waals surface area contributed by atoms with E-state index in [1.165, 1.54) is 19.3 Å². The van der Waals surface area contributed by atoms with Crippen LogP contribution in [-0.4, -0.2) is 56.3 Å². The maximum absolute atomic E-state index is 13.7. The zero-order valence-electron chi connectivity index (χ0n) is 18.8. The number of hydrazone groups is 1. The molecule has 1 heterocycles. The number of rotatable bonds is 6. The Hall–Kier alpha value is -0.660. The van der Waals surface area contributed by atoms with Gasteiger partial charge in [-0.15, -0.1) is 0 Å². The molecule has 4 unspecified atom stereocenters. The molecule has 1 aliphatic heterocycles. The summed E-state index contributed by atoms with van der Waals surface area (Å²) >= 11 is 0. The van der Waals surface area contributed by atoms with Gasteiger partial charge in [-0.3, -0.25) is 0 Å². The molecule has 4 rings (SSSR count). The van der Waals surface area contributed by atoms with Crippen molar-refractivity contribution in [1.29, 1.82) is 0 Å². The summed E-state index contributed by atoms with van der Waals surface area (Å²) in [6, 6.07) is 0.0355. The Balaban J connectivity index is 1.56. The highest BCUT2D eigenvalue weighted by molar-refractivity contribution is 7.89. The Bertz CT molecular complexity index is 698. The molecule has 0 aromatic heterocycles. The summed E-state index contributed by atoms with van der Waals surface area (Å²) in [5.41, 5.74) is 1.10. The van der Waals surface area contributed by atoms with Gasteiger partial charge >= 0.3 is 0 Å². The minimum Gasteiger partial charge on any atom is -0.379 e. The second-order valence-corrected chi connectivity index (χ2v) is 12.0. The number of sulfonamides is 1. The first-order chi connectivity index (χ1) is 14.5. The van der Waals surface area contributed by atoms with Gasteiger partial charge in [0, 0.05) is 32.3 Å². The lowest BCUT2D eigenvalue weighted by atomic mass is 9.78. The number of ether oxygens (including phenoxy) is 2. The fourth-order valence-electron chi connectivity index (χ4n) is 6.33. The van der Waals surface area contributed by atoms with Gasteiger partial charge in [0.05, 0.1) is 23.5 Å². The molecule has 4 aliphatic rings. The van der Waals surface area contributed by atoms with E-state index in [1.54, 1.807) is 18.6 Å². The van der Waals surface area contributed by atoms with Gasteiger partial charge in [0.2, 0.25) is 0 Å². The Labute approximate surface area is 182 Å². The molecule has 3 saturated carbocycles. The fourth-order valence-corrected chi connectivity index (χ4v) is 8.41. The molecule has 4 atom stereocenters. The standard InChI is InChI=1S/C23H40N2O4S/c1-28-22-14-13-18(15-23(22)29-2)20-16-21(17-9-5-3-6-10-17)25(24-20)30(26,27)19-11-7-4-8-12-19/h17-19,21-23H,3-16H2,1-2H3. The van der Waals surface area contributed by atoms with Gasteiger partial charge in [0.25, 0.3) is 10.0 Å². The Kier molecular flexibility index (Phi) is 7.41. The predicted octanol–water partition coefficient (Wildman–Crippen LogP) is 4.49. The van der Waals surface area contributed by atoms with Gasteiger partial charge in [-0.05, 0) is 50.9 Å². The van der Waals surface area contributed by atoms with Gasteiger partial charge < -0.3 is 9.47 Å². The van der Waals surface area contributed by atoms with E-state index in [4.69, 9.17) is 14.6 Å². The van der Waals surface area contributed by atoms with E-state index in [-0.39, 0.29) is 23.5 Å². The van der Waals surface area contributed by atoms with E-state index < -0.39 is 10.0 Å². The summed E-state index contributed by atoms with van der Waals surface area (Å²) in [7, 11) is 0.125. The number of hydrogen-bond donors (Lipinski definition) is 0. The maximum Gasteiger partial charge on any atom is 0.252 e. The van der Waals surface area contributed by atoms with Crippen molar-refractivity contribution in [2.75, 3.05) is 14.2 Å². The van der Waals surface area contributed by atoms with Crippen LogP contribution in [0.25, 0.3) is 0 Å². The molecule has 0 radical (unpaired) electrons. The molecule has 0 saturated heterocycles. The summed E-state index contributed by atoms with van der Waals surface area (Å²) < 4.78 is 40.3. The lowest BCUT2D eigenvalue weighted by Crippen LogP contribution is -2.44. The van der Waals surface area contributed by atoms with Crippen molar-refractivity contribution in [3.05, 3.63) is 0 Å². The topological polar surface area (TPSA) is 68.2 Å². The van der Waals surface area contributed by atoms with Crippen LogP contribution in [0, 0.1) is 11.8 Å². The van der Waals surface area contributed by atoms with Crippen LogP contribution in [0.5, 0.6) is 0 Å². The van der Waals surface area contributed by atoms with Gasteiger partial charge in [-0.1, -0.05) is 38.5 Å². The second kappa shape index (κ2) is 9.86. The van der Waals surface area contributed by atoms with Crippen LogP contribution in [0.3, 0.4) is 0 Å². The van der Waals surface area contributed by atoms with Crippen molar-refractivity contribution in [3.63, 3.8) is 0 Å². The SMILES string of the molecule is COC1CCC(C2=NN(S(=O)(=O)C3CCCCC3)C(C3CCCCC3)C2)CC1OC. The summed E-state index contributed by atoms with van der Waals surface area (Å²) in [5.74, 6) is 0.755. The Morgan fingerprint density at radius 2 is 1.47 bits per heavy atom. The molecule has 0 bridgehead atoms. The first-order valence-electron chi connectivity index (χ1n) is 12.2. The Morgan fingerprint density at radius 3 is 2.10 bits per heavy atom. The summed E-state index contributed by atoms with van der Waals surface area (Å²) in [5, 5.41) is 4.66. The molecular formula is C23H40N2O4S. The molecule has 0 aromatic rings. The molecule has 7 heteroatoms. The van der Waals surface area contributed by atoms with E-state index in [2.05, 4.69) is 0 Å². The number of hydrogen-bond acceptors (Lipinski definition) is 5. The molecular weight excluding hydrogens is 400 g/mol. The van der Waals surface area contributed by atoms with Crippen LogP contribution < -0.4 is 0 Å². The first-order valence-corrected chi connectivity index (χ1v) is 13.7. The van der Waals surface area contributed by atoms with Crippen LogP contribution in [-0.2, 0) is 19.5 Å². The van der Waals surface area contributed by atoms with Crippen LogP contribution in [0.2, 0.25) is 0 Å².